The van der Waals surface area contributed by atoms with Crippen LogP contribution in [0.25, 0.3) is 0 Å². The molecule has 1 unspecified atom stereocenters. The van der Waals surface area contributed by atoms with Crippen LogP contribution in [0.15, 0.2) is 0 Å². The highest BCUT2D eigenvalue weighted by Crippen LogP contribution is 2.32. The fraction of sp³-hybridized carbons (Fsp3) is 0.824. The topological polar surface area (TPSA) is 78.9 Å². The van der Waals surface area contributed by atoms with Gasteiger partial charge in [0, 0.05) is 6.42 Å². The van der Waals surface area contributed by atoms with Crippen LogP contribution >= 0.6 is 0 Å². The molecule has 10 heteroatoms. The van der Waals surface area contributed by atoms with Crippen LogP contribution in [0.2, 0.25) is 0 Å². The molecule has 0 N–H and O–H groups in total. The third-order valence-electron chi connectivity index (χ3n) is 3.44. The lowest BCUT2D eigenvalue weighted by Crippen LogP contribution is -2.28. The van der Waals surface area contributed by atoms with Crippen molar-refractivity contribution in [1.29, 1.82) is 0 Å². The number of carbonyl (C=O) groups excluding carboxylic acids is 3. The molecule has 0 rings (SSSR count). The van der Waals surface area contributed by atoms with Crippen molar-refractivity contribution < 1.29 is 46.2 Å². The van der Waals surface area contributed by atoms with Gasteiger partial charge in [0.15, 0.2) is 0 Å². The summed E-state index contributed by atoms with van der Waals surface area (Å²) < 4.78 is 65.7. The van der Waals surface area contributed by atoms with Crippen molar-refractivity contribution in [3.63, 3.8) is 0 Å². The van der Waals surface area contributed by atoms with Crippen LogP contribution in [0.5, 0.6) is 0 Å². The molecule has 0 aliphatic carbocycles. The first-order chi connectivity index (χ1) is 12.4. The molecule has 0 fully saturated rings. The minimum atomic E-state index is -3.66. The smallest absolute Gasteiger partial charge is 0.308 e. The highest BCUT2D eigenvalue weighted by molar-refractivity contribution is 5.77. The monoisotopic (exact) mass is 402 g/mol. The van der Waals surface area contributed by atoms with E-state index in [0.717, 1.165) is 0 Å². The SMILES string of the molecule is CCC(C)C(=O)OCCOC(=O)CCC(=O)OCCC(F)(F)CC(C)(F)F. The Kier molecular flexibility index (Phi) is 10.9. The first-order valence-electron chi connectivity index (χ1n) is 8.60. The third kappa shape index (κ3) is 13.9. The lowest BCUT2D eigenvalue weighted by Gasteiger charge is -2.20. The molecule has 0 aromatic carbocycles. The molecular formula is C17H26F4O6. The number of halogens is 4. The van der Waals surface area contributed by atoms with Crippen LogP contribution in [0.1, 0.15) is 52.9 Å². The van der Waals surface area contributed by atoms with Gasteiger partial charge in [0.1, 0.15) is 13.2 Å². The molecule has 0 spiro atoms. The van der Waals surface area contributed by atoms with E-state index in [2.05, 4.69) is 4.74 Å². The van der Waals surface area contributed by atoms with Gasteiger partial charge in [0.25, 0.3) is 11.8 Å². The molecule has 0 aromatic rings. The number of hydrogen-bond acceptors (Lipinski definition) is 6. The highest BCUT2D eigenvalue weighted by atomic mass is 19.3. The zero-order chi connectivity index (χ0) is 21.1. The zero-order valence-corrected chi connectivity index (χ0v) is 15.7. The molecule has 0 aliphatic rings. The summed E-state index contributed by atoms with van der Waals surface area (Å²) in [6, 6.07) is 0. The van der Waals surface area contributed by atoms with E-state index in [1.165, 1.54) is 0 Å². The molecule has 0 aliphatic heterocycles. The van der Waals surface area contributed by atoms with Crippen molar-refractivity contribution in [2.24, 2.45) is 5.92 Å². The van der Waals surface area contributed by atoms with Gasteiger partial charge in [0.05, 0.1) is 31.8 Å². The fourth-order valence-corrected chi connectivity index (χ4v) is 1.81. The van der Waals surface area contributed by atoms with E-state index in [0.29, 0.717) is 13.3 Å². The van der Waals surface area contributed by atoms with E-state index in [9.17, 15) is 31.9 Å². The van der Waals surface area contributed by atoms with Crippen molar-refractivity contribution >= 4 is 17.9 Å². The van der Waals surface area contributed by atoms with E-state index in [4.69, 9.17) is 9.47 Å². The van der Waals surface area contributed by atoms with Gasteiger partial charge in [-0.1, -0.05) is 13.8 Å². The molecule has 0 bridgehead atoms. The van der Waals surface area contributed by atoms with Gasteiger partial charge in [-0.15, -0.1) is 0 Å². The second kappa shape index (κ2) is 11.8. The molecule has 158 valence electrons. The Hall–Kier alpha value is -1.87. The normalized spacial score (nSPS) is 13.0. The summed E-state index contributed by atoms with van der Waals surface area (Å²) in [6.07, 6.45) is -2.80. The Morgan fingerprint density at radius 3 is 1.85 bits per heavy atom. The lowest BCUT2D eigenvalue weighted by molar-refractivity contribution is -0.156. The summed E-state index contributed by atoms with van der Waals surface area (Å²) in [5.41, 5.74) is 0. The van der Waals surface area contributed by atoms with Crippen LogP contribution in [-0.2, 0) is 28.6 Å². The second-order valence-corrected chi connectivity index (χ2v) is 6.27. The number of rotatable bonds is 13. The van der Waals surface area contributed by atoms with Crippen LogP contribution < -0.4 is 0 Å². The van der Waals surface area contributed by atoms with Crippen molar-refractivity contribution in [3.05, 3.63) is 0 Å². The Morgan fingerprint density at radius 1 is 0.889 bits per heavy atom. The average Bonchev–Trinajstić information content (AvgIpc) is 2.53. The summed E-state index contributed by atoms with van der Waals surface area (Å²) in [4.78, 5) is 34.1. The molecule has 1 atom stereocenters. The van der Waals surface area contributed by atoms with Gasteiger partial charge in [-0.05, 0) is 13.3 Å². The van der Waals surface area contributed by atoms with Crippen LogP contribution in [0, 0.1) is 5.92 Å². The Labute approximate surface area is 155 Å². The maximum absolute atomic E-state index is 13.2. The Bertz CT molecular complexity index is 490. The molecule has 0 saturated carbocycles. The first kappa shape index (κ1) is 25.1. The standard InChI is InChI=1S/C17H26F4O6/c1-4-12(2)15(24)27-10-9-26-14(23)6-5-13(22)25-8-7-17(20,21)11-16(3,18)19/h12H,4-11H2,1-3H3. The summed E-state index contributed by atoms with van der Waals surface area (Å²) in [5, 5.41) is 0. The Morgan fingerprint density at radius 2 is 1.37 bits per heavy atom. The molecule has 0 saturated heterocycles. The lowest BCUT2D eigenvalue weighted by atomic mass is 10.1. The largest absolute Gasteiger partial charge is 0.465 e. The van der Waals surface area contributed by atoms with Crippen molar-refractivity contribution in [2.75, 3.05) is 19.8 Å². The number of esters is 3. The van der Waals surface area contributed by atoms with E-state index in [-0.39, 0.29) is 25.6 Å². The minimum Gasteiger partial charge on any atom is -0.465 e. The predicted octanol–water partition coefficient (Wildman–Crippen LogP) is 3.51. The van der Waals surface area contributed by atoms with E-state index in [1.54, 1.807) is 6.92 Å². The van der Waals surface area contributed by atoms with Gasteiger partial charge in [-0.2, -0.15) is 0 Å². The number of ether oxygens (including phenoxy) is 3. The van der Waals surface area contributed by atoms with Crippen LogP contribution in [0.3, 0.4) is 0 Å². The average molecular weight is 402 g/mol. The summed E-state index contributed by atoms with van der Waals surface area (Å²) in [7, 11) is 0. The number of alkyl halides is 4. The Balaban J connectivity index is 3.86. The van der Waals surface area contributed by atoms with Gasteiger partial charge >= 0.3 is 17.9 Å². The van der Waals surface area contributed by atoms with Gasteiger partial charge in [-0.3, -0.25) is 14.4 Å². The van der Waals surface area contributed by atoms with Crippen molar-refractivity contribution in [3.8, 4) is 0 Å². The molecule has 0 heterocycles. The third-order valence-corrected chi connectivity index (χ3v) is 3.44. The fourth-order valence-electron chi connectivity index (χ4n) is 1.81. The maximum atomic E-state index is 13.2. The van der Waals surface area contributed by atoms with Gasteiger partial charge in [-0.25, -0.2) is 17.6 Å². The second-order valence-electron chi connectivity index (χ2n) is 6.27. The molecule has 0 amide bonds. The van der Waals surface area contributed by atoms with Gasteiger partial charge < -0.3 is 14.2 Å². The molecule has 0 aromatic heterocycles. The van der Waals surface area contributed by atoms with Crippen LogP contribution in [-0.4, -0.2) is 49.6 Å². The summed E-state index contributed by atoms with van der Waals surface area (Å²) >= 11 is 0. The number of carbonyl (C=O) groups is 3. The number of hydrogen-bond donors (Lipinski definition) is 0. The van der Waals surface area contributed by atoms with Crippen molar-refractivity contribution in [2.45, 2.75) is 64.7 Å². The van der Waals surface area contributed by atoms with Gasteiger partial charge in [0.2, 0.25) is 0 Å². The molecular weight excluding hydrogens is 376 g/mol. The molecule has 27 heavy (non-hydrogen) atoms. The molecule has 6 nitrogen and oxygen atoms in total. The summed E-state index contributed by atoms with van der Waals surface area (Å²) in [6.45, 7) is 2.88. The van der Waals surface area contributed by atoms with Crippen LogP contribution in [0.4, 0.5) is 17.6 Å². The minimum absolute atomic E-state index is 0.115. The first-order valence-corrected chi connectivity index (χ1v) is 8.60. The van der Waals surface area contributed by atoms with E-state index in [1.807, 2.05) is 6.92 Å². The highest BCUT2D eigenvalue weighted by Gasteiger charge is 2.39. The maximum Gasteiger partial charge on any atom is 0.308 e. The quantitative estimate of drug-likeness (QED) is 0.203. The van der Waals surface area contributed by atoms with E-state index < -0.39 is 55.6 Å². The van der Waals surface area contributed by atoms with Crippen molar-refractivity contribution in [1.82, 2.24) is 0 Å². The summed E-state index contributed by atoms with van der Waals surface area (Å²) in [5.74, 6) is -9.53. The van der Waals surface area contributed by atoms with E-state index >= 15 is 0 Å². The predicted molar refractivity (Wildman–Crippen MR) is 86.4 cm³/mol. The molecule has 0 radical (unpaired) electrons. The zero-order valence-electron chi connectivity index (χ0n) is 15.7.